The Kier molecular flexibility index (Phi) is 5.36. The molecular formula is C5H14OSi2. The first-order valence-electron chi connectivity index (χ1n) is 3.00. The van der Waals surface area contributed by atoms with Gasteiger partial charge in [-0.15, -0.1) is 6.58 Å². The van der Waals surface area contributed by atoms with Gasteiger partial charge in [-0.3, -0.25) is 0 Å². The highest BCUT2D eigenvalue weighted by Crippen LogP contribution is 1.96. The molecule has 0 fully saturated rings. The normalized spacial score (nSPS) is 13.6. The molecule has 0 aromatic rings. The van der Waals surface area contributed by atoms with Gasteiger partial charge in [-0.25, -0.2) is 0 Å². The van der Waals surface area contributed by atoms with Crippen molar-refractivity contribution in [2.75, 3.05) is 0 Å². The van der Waals surface area contributed by atoms with Gasteiger partial charge in [0.05, 0.1) is 0 Å². The molecule has 3 heteroatoms. The maximum Gasteiger partial charge on any atom is 0.187 e. The van der Waals surface area contributed by atoms with Gasteiger partial charge >= 0.3 is 0 Å². The van der Waals surface area contributed by atoms with Crippen molar-refractivity contribution in [1.29, 1.82) is 0 Å². The maximum atomic E-state index is 5.30. The summed E-state index contributed by atoms with van der Waals surface area (Å²) in [6.45, 7) is 5.89. The van der Waals surface area contributed by atoms with Gasteiger partial charge in [0, 0.05) is 0 Å². The van der Waals surface area contributed by atoms with Gasteiger partial charge < -0.3 is 4.12 Å². The molecule has 0 heterocycles. The van der Waals surface area contributed by atoms with E-state index < -0.39 is 9.04 Å². The van der Waals surface area contributed by atoms with E-state index in [-0.39, 0.29) is 0 Å². The lowest BCUT2D eigenvalue weighted by Crippen LogP contribution is -2.11. The Bertz CT molecular complexity index is 65.4. The first-order chi connectivity index (χ1) is 3.85. The maximum absolute atomic E-state index is 5.30. The van der Waals surface area contributed by atoms with Crippen molar-refractivity contribution in [3.63, 3.8) is 0 Å². The first-order valence-corrected chi connectivity index (χ1v) is 5.77. The third-order valence-corrected chi connectivity index (χ3v) is 5.23. The quantitative estimate of drug-likeness (QED) is 0.513. The van der Waals surface area contributed by atoms with E-state index in [0.29, 0.717) is 0 Å². The fourth-order valence-corrected chi connectivity index (χ4v) is 3.13. The van der Waals surface area contributed by atoms with Crippen LogP contribution in [-0.2, 0) is 4.12 Å². The molecule has 0 aliphatic rings. The van der Waals surface area contributed by atoms with Crippen LogP contribution < -0.4 is 0 Å². The predicted octanol–water partition coefficient (Wildman–Crippen LogP) is 0.142. The minimum Gasteiger partial charge on any atom is -0.463 e. The Hall–Kier alpha value is 0.134. The van der Waals surface area contributed by atoms with E-state index in [1.165, 1.54) is 12.5 Å². The number of rotatable bonds is 4. The summed E-state index contributed by atoms with van der Waals surface area (Å²) < 4.78 is 5.30. The van der Waals surface area contributed by atoms with Gasteiger partial charge in [0.1, 0.15) is 10.5 Å². The lowest BCUT2D eigenvalue weighted by atomic mass is 10.6. The molecule has 0 aromatic heterocycles. The molecule has 0 radical (unpaired) electrons. The molecule has 0 spiro atoms. The van der Waals surface area contributed by atoms with Gasteiger partial charge in [-0.2, -0.15) is 0 Å². The minimum atomic E-state index is -0.867. The Morgan fingerprint density at radius 1 is 1.88 bits per heavy atom. The summed E-state index contributed by atoms with van der Waals surface area (Å²) in [7, 11) is 0.0200. The van der Waals surface area contributed by atoms with Crippen molar-refractivity contribution < 1.29 is 4.12 Å². The van der Waals surface area contributed by atoms with Crippen LogP contribution in [0.5, 0.6) is 0 Å². The van der Waals surface area contributed by atoms with E-state index >= 15 is 0 Å². The Balaban J connectivity index is 3.21. The van der Waals surface area contributed by atoms with Gasteiger partial charge in [0.15, 0.2) is 9.04 Å². The van der Waals surface area contributed by atoms with Crippen LogP contribution in [-0.4, -0.2) is 19.5 Å². The summed E-state index contributed by atoms with van der Waals surface area (Å²) in [4.78, 5) is 0. The van der Waals surface area contributed by atoms with Crippen molar-refractivity contribution in [2.24, 2.45) is 0 Å². The van der Waals surface area contributed by atoms with Crippen molar-refractivity contribution in [3.05, 3.63) is 12.3 Å². The summed E-state index contributed by atoms with van der Waals surface area (Å²) in [6, 6.07) is 1.26. The molecule has 0 aromatic carbocycles. The van der Waals surface area contributed by atoms with Crippen molar-refractivity contribution in [3.8, 4) is 0 Å². The molecule has 8 heavy (non-hydrogen) atoms. The topological polar surface area (TPSA) is 9.23 Å². The van der Waals surface area contributed by atoms with E-state index in [0.717, 1.165) is 10.5 Å². The zero-order valence-corrected chi connectivity index (χ0v) is 8.84. The van der Waals surface area contributed by atoms with Gasteiger partial charge in [-0.05, 0) is 6.04 Å². The molecule has 0 saturated heterocycles. The standard InChI is InChI=1S/C5H14OSi2/c1-3-5-8(4-2)6-7/h4,8H,2-3,5H2,1,7H3. The lowest BCUT2D eigenvalue weighted by Gasteiger charge is -2.04. The smallest absolute Gasteiger partial charge is 0.187 e. The van der Waals surface area contributed by atoms with Crippen molar-refractivity contribution in [1.82, 2.24) is 0 Å². The van der Waals surface area contributed by atoms with Crippen LogP contribution in [0.1, 0.15) is 13.3 Å². The second kappa shape index (κ2) is 5.27. The molecule has 0 bridgehead atoms. The zero-order valence-electron chi connectivity index (χ0n) is 5.68. The summed E-state index contributed by atoms with van der Waals surface area (Å²) in [5.41, 5.74) is 2.01. The van der Waals surface area contributed by atoms with E-state index in [4.69, 9.17) is 4.12 Å². The molecule has 1 atom stereocenters. The minimum absolute atomic E-state index is 0.867. The van der Waals surface area contributed by atoms with Crippen LogP contribution in [0.3, 0.4) is 0 Å². The second-order valence-corrected chi connectivity index (χ2v) is 5.81. The van der Waals surface area contributed by atoms with Crippen LogP contribution in [0.15, 0.2) is 12.3 Å². The number of hydrogen-bond acceptors (Lipinski definition) is 1. The Morgan fingerprint density at radius 3 is 2.62 bits per heavy atom. The monoisotopic (exact) mass is 146 g/mol. The Morgan fingerprint density at radius 2 is 2.50 bits per heavy atom. The van der Waals surface area contributed by atoms with Crippen LogP contribution >= 0.6 is 0 Å². The lowest BCUT2D eigenvalue weighted by molar-refractivity contribution is 0.639. The summed E-state index contributed by atoms with van der Waals surface area (Å²) >= 11 is 0. The summed E-state index contributed by atoms with van der Waals surface area (Å²) in [5, 5.41) is 0. The first kappa shape index (κ1) is 8.13. The molecule has 48 valence electrons. The van der Waals surface area contributed by atoms with E-state index in [1.54, 1.807) is 0 Å². The Labute approximate surface area is 56.0 Å². The molecule has 0 saturated carbocycles. The molecule has 1 unspecified atom stereocenters. The summed E-state index contributed by atoms with van der Waals surface area (Å²) in [5.74, 6) is 0. The van der Waals surface area contributed by atoms with Crippen molar-refractivity contribution in [2.45, 2.75) is 19.4 Å². The molecule has 0 N–H and O–H groups in total. The highest BCUT2D eigenvalue weighted by Gasteiger charge is 1.99. The fraction of sp³-hybridized carbons (Fsp3) is 0.600. The third-order valence-electron chi connectivity index (χ3n) is 1.14. The zero-order chi connectivity index (χ0) is 6.41. The van der Waals surface area contributed by atoms with Gasteiger partial charge in [-0.1, -0.05) is 19.0 Å². The van der Waals surface area contributed by atoms with E-state index in [1.807, 2.05) is 5.70 Å². The number of hydrogen-bond donors (Lipinski definition) is 0. The second-order valence-electron chi connectivity index (χ2n) is 1.80. The van der Waals surface area contributed by atoms with Gasteiger partial charge in [0.2, 0.25) is 0 Å². The SMILES string of the molecule is C=C[SiH](CCC)O[SiH3]. The molecule has 0 aliphatic carbocycles. The average molecular weight is 146 g/mol. The molecule has 0 amide bonds. The highest BCUT2D eigenvalue weighted by molar-refractivity contribution is 6.60. The van der Waals surface area contributed by atoms with Gasteiger partial charge in [0.25, 0.3) is 0 Å². The largest absolute Gasteiger partial charge is 0.463 e. The van der Waals surface area contributed by atoms with Crippen LogP contribution in [0.2, 0.25) is 6.04 Å². The average Bonchev–Trinajstić information content (AvgIpc) is 1.83. The molecule has 1 nitrogen and oxygen atoms in total. The fourth-order valence-electron chi connectivity index (χ4n) is 0.616. The molecule has 0 rings (SSSR count). The molecule has 0 aliphatic heterocycles. The summed E-state index contributed by atoms with van der Waals surface area (Å²) in [6.07, 6.45) is 1.24. The predicted molar refractivity (Wildman–Crippen MR) is 43.5 cm³/mol. The highest BCUT2D eigenvalue weighted by atomic mass is 28.3. The molecular weight excluding hydrogens is 132 g/mol. The van der Waals surface area contributed by atoms with Crippen LogP contribution in [0.25, 0.3) is 0 Å². The van der Waals surface area contributed by atoms with Crippen LogP contribution in [0.4, 0.5) is 0 Å². The van der Waals surface area contributed by atoms with E-state index in [9.17, 15) is 0 Å². The third kappa shape index (κ3) is 3.18. The van der Waals surface area contributed by atoms with Crippen LogP contribution in [0, 0.1) is 0 Å². The van der Waals surface area contributed by atoms with E-state index in [2.05, 4.69) is 13.5 Å². The van der Waals surface area contributed by atoms with Crippen molar-refractivity contribution >= 4 is 19.5 Å².